The summed E-state index contributed by atoms with van der Waals surface area (Å²) in [6.07, 6.45) is 9.95. The number of rotatable bonds is 1. The third kappa shape index (κ3) is 3.25. The average molecular weight is 481 g/mol. The molecule has 190 valence electrons. The van der Waals surface area contributed by atoms with Gasteiger partial charge in [0.15, 0.2) is 17.3 Å². The van der Waals surface area contributed by atoms with Crippen molar-refractivity contribution in [2.24, 2.45) is 27.6 Å². The van der Waals surface area contributed by atoms with Crippen LogP contribution in [0.3, 0.4) is 0 Å². The maximum atomic E-state index is 13.2. The second-order valence-electron chi connectivity index (χ2n) is 13.5. The highest BCUT2D eigenvalue weighted by molar-refractivity contribution is 6.08. The number of carboxylic acid groups (broad SMARTS) is 1. The van der Waals surface area contributed by atoms with E-state index in [1.165, 1.54) is 6.07 Å². The molecular formula is C30H40O5. The van der Waals surface area contributed by atoms with E-state index in [1.54, 1.807) is 12.1 Å². The van der Waals surface area contributed by atoms with Crippen molar-refractivity contribution in [3.63, 3.8) is 0 Å². The molecule has 3 saturated carbocycles. The van der Waals surface area contributed by atoms with E-state index in [0.29, 0.717) is 12.0 Å². The second-order valence-corrected chi connectivity index (χ2v) is 13.5. The van der Waals surface area contributed by atoms with E-state index in [-0.39, 0.29) is 39.4 Å². The SMILES string of the molecule is C[C@]1(C(=O)O)CCC[C@@]2(C)CC[C@@]3(C)CC4=CC(=O)c5cc(O)c(O)cc5[C@@]4(C)CC[C@]3(C)[C@H]2C1. The van der Waals surface area contributed by atoms with Crippen LogP contribution in [0.4, 0.5) is 0 Å². The van der Waals surface area contributed by atoms with Gasteiger partial charge in [0.2, 0.25) is 0 Å². The first-order valence-electron chi connectivity index (χ1n) is 13.2. The van der Waals surface area contributed by atoms with Crippen LogP contribution in [0.1, 0.15) is 108 Å². The number of carbonyl (C=O) groups is 2. The molecule has 0 heterocycles. The summed E-state index contributed by atoms with van der Waals surface area (Å²) < 4.78 is 0. The molecule has 5 nitrogen and oxygen atoms in total. The zero-order valence-corrected chi connectivity index (χ0v) is 21.8. The van der Waals surface area contributed by atoms with Gasteiger partial charge in [0.1, 0.15) is 0 Å². The van der Waals surface area contributed by atoms with Crippen molar-refractivity contribution in [2.45, 2.75) is 97.8 Å². The van der Waals surface area contributed by atoms with Gasteiger partial charge in [-0.2, -0.15) is 0 Å². The van der Waals surface area contributed by atoms with Crippen LogP contribution in [0.2, 0.25) is 0 Å². The summed E-state index contributed by atoms with van der Waals surface area (Å²) in [7, 11) is 0. The minimum Gasteiger partial charge on any atom is -0.504 e. The summed E-state index contributed by atoms with van der Waals surface area (Å²) in [4.78, 5) is 25.6. The standard InChI is InChI=1S/C30H40O5/c1-26-7-6-8-27(2,25(34)35)17-24(26)30(5)12-11-29(4)18(16-28(30,3)10-9-26)13-21(31)19-14-22(32)23(33)15-20(19)29/h13-15,24,32-33H,6-12,16-17H2,1-5H3,(H,34,35)/t24-,26-,27-,28-,29-,30+/m0/s1. The molecule has 5 rings (SSSR count). The number of phenols is 2. The summed E-state index contributed by atoms with van der Waals surface area (Å²) in [5, 5.41) is 30.6. The van der Waals surface area contributed by atoms with Crippen LogP contribution in [0.25, 0.3) is 0 Å². The van der Waals surface area contributed by atoms with Crippen LogP contribution >= 0.6 is 0 Å². The van der Waals surface area contributed by atoms with Crippen molar-refractivity contribution >= 4 is 11.8 Å². The summed E-state index contributed by atoms with van der Waals surface area (Å²) in [5.74, 6) is -0.953. The normalized spacial score (nSPS) is 42.9. The molecule has 0 aliphatic heterocycles. The summed E-state index contributed by atoms with van der Waals surface area (Å²) in [6.45, 7) is 11.3. The second kappa shape index (κ2) is 7.36. The molecule has 1 aromatic rings. The third-order valence-electron chi connectivity index (χ3n) is 11.6. The van der Waals surface area contributed by atoms with Crippen LogP contribution in [-0.4, -0.2) is 27.1 Å². The fraction of sp³-hybridized carbons (Fsp3) is 0.667. The van der Waals surface area contributed by atoms with Crippen molar-refractivity contribution in [3.05, 3.63) is 34.9 Å². The topological polar surface area (TPSA) is 94.8 Å². The van der Waals surface area contributed by atoms with Crippen molar-refractivity contribution in [3.8, 4) is 11.5 Å². The first-order valence-corrected chi connectivity index (χ1v) is 13.2. The molecule has 35 heavy (non-hydrogen) atoms. The maximum absolute atomic E-state index is 13.2. The fourth-order valence-electron chi connectivity index (χ4n) is 8.65. The predicted molar refractivity (Wildman–Crippen MR) is 135 cm³/mol. The Labute approximate surface area is 208 Å². The monoisotopic (exact) mass is 480 g/mol. The Kier molecular flexibility index (Phi) is 5.13. The van der Waals surface area contributed by atoms with Crippen LogP contribution in [-0.2, 0) is 10.2 Å². The van der Waals surface area contributed by atoms with E-state index in [0.717, 1.165) is 62.5 Å². The Morgan fingerprint density at radius 3 is 2.29 bits per heavy atom. The van der Waals surface area contributed by atoms with Gasteiger partial charge in [0.05, 0.1) is 5.41 Å². The van der Waals surface area contributed by atoms with Crippen molar-refractivity contribution < 1.29 is 24.9 Å². The molecule has 0 saturated heterocycles. The van der Waals surface area contributed by atoms with Crippen LogP contribution in [0.5, 0.6) is 11.5 Å². The Balaban J connectivity index is 1.64. The molecular weight excluding hydrogens is 440 g/mol. The van der Waals surface area contributed by atoms with Gasteiger partial charge < -0.3 is 15.3 Å². The third-order valence-corrected chi connectivity index (χ3v) is 11.6. The first kappa shape index (κ1) is 24.4. The number of aromatic hydroxyl groups is 2. The molecule has 6 atom stereocenters. The number of hydrogen-bond donors (Lipinski definition) is 3. The molecule has 3 N–H and O–H groups in total. The molecule has 0 spiro atoms. The molecule has 0 bridgehead atoms. The van der Waals surface area contributed by atoms with E-state index >= 15 is 0 Å². The number of allylic oxidation sites excluding steroid dienone is 2. The van der Waals surface area contributed by atoms with Gasteiger partial charge in [-0.3, -0.25) is 9.59 Å². The van der Waals surface area contributed by atoms with Crippen LogP contribution in [0.15, 0.2) is 23.8 Å². The Bertz CT molecular complexity index is 1150. The Morgan fingerprint density at radius 1 is 0.914 bits per heavy atom. The molecule has 5 heteroatoms. The van der Waals surface area contributed by atoms with Gasteiger partial charge >= 0.3 is 5.97 Å². The molecule has 3 fully saturated rings. The zero-order chi connectivity index (χ0) is 25.6. The number of fused-ring (bicyclic) bond motifs is 6. The van der Waals surface area contributed by atoms with Crippen LogP contribution in [0, 0.1) is 27.6 Å². The van der Waals surface area contributed by atoms with E-state index in [1.807, 2.05) is 6.92 Å². The number of carboxylic acids is 1. The minimum absolute atomic E-state index is 0.0543. The average Bonchev–Trinajstić information content (AvgIpc) is 2.98. The predicted octanol–water partition coefficient (Wildman–Crippen LogP) is 6.76. The van der Waals surface area contributed by atoms with E-state index in [4.69, 9.17) is 0 Å². The number of phenolic OH excluding ortho intramolecular Hbond substituents is 2. The molecule has 0 unspecified atom stereocenters. The van der Waals surface area contributed by atoms with E-state index in [9.17, 15) is 24.9 Å². The number of aliphatic carboxylic acids is 1. The van der Waals surface area contributed by atoms with Gasteiger partial charge in [0, 0.05) is 11.0 Å². The Morgan fingerprint density at radius 2 is 1.60 bits per heavy atom. The van der Waals surface area contributed by atoms with Crippen LogP contribution < -0.4 is 0 Å². The summed E-state index contributed by atoms with van der Waals surface area (Å²) >= 11 is 0. The smallest absolute Gasteiger partial charge is 0.309 e. The quantitative estimate of drug-likeness (QED) is 0.386. The highest BCUT2D eigenvalue weighted by atomic mass is 16.4. The Hall–Kier alpha value is -2.30. The lowest BCUT2D eigenvalue weighted by atomic mass is 9.43. The van der Waals surface area contributed by atoms with Crippen molar-refractivity contribution in [1.29, 1.82) is 0 Å². The van der Waals surface area contributed by atoms with Gasteiger partial charge in [-0.25, -0.2) is 0 Å². The molecule has 0 amide bonds. The highest BCUT2D eigenvalue weighted by Crippen LogP contribution is 2.71. The zero-order valence-electron chi connectivity index (χ0n) is 21.8. The molecule has 4 aliphatic rings. The molecule has 0 aromatic heterocycles. The number of hydrogen-bond acceptors (Lipinski definition) is 4. The summed E-state index contributed by atoms with van der Waals surface area (Å²) in [5.41, 5.74) is 1.26. The summed E-state index contributed by atoms with van der Waals surface area (Å²) in [6, 6.07) is 3.00. The number of ketones is 1. The lowest BCUT2D eigenvalue weighted by Crippen LogP contribution is -2.54. The minimum atomic E-state index is -0.711. The lowest BCUT2D eigenvalue weighted by Gasteiger charge is -2.62. The fourth-order valence-corrected chi connectivity index (χ4v) is 8.65. The van der Waals surface area contributed by atoms with Gasteiger partial charge in [-0.05, 0) is 104 Å². The molecule has 1 aromatic carbocycles. The number of benzene rings is 1. The van der Waals surface area contributed by atoms with Crippen molar-refractivity contribution in [2.75, 3.05) is 0 Å². The molecule has 4 aliphatic carbocycles. The van der Waals surface area contributed by atoms with E-state index < -0.39 is 16.8 Å². The first-order chi connectivity index (χ1) is 16.2. The maximum Gasteiger partial charge on any atom is 0.309 e. The van der Waals surface area contributed by atoms with E-state index in [2.05, 4.69) is 27.7 Å². The lowest BCUT2D eigenvalue weighted by molar-refractivity contribution is -0.156. The van der Waals surface area contributed by atoms with Gasteiger partial charge in [-0.1, -0.05) is 39.7 Å². The highest BCUT2D eigenvalue weighted by Gasteiger charge is 2.63. The van der Waals surface area contributed by atoms with Gasteiger partial charge in [-0.15, -0.1) is 0 Å². The van der Waals surface area contributed by atoms with Crippen molar-refractivity contribution in [1.82, 2.24) is 0 Å². The van der Waals surface area contributed by atoms with Gasteiger partial charge in [0.25, 0.3) is 0 Å². The number of carbonyl (C=O) groups excluding carboxylic acids is 1. The molecule has 0 radical (unpaired) electrons. The largest absolute Gasteiger partial charge is 0.504 e.